The van der Waals surface area contributed by atoms with Crippen molar-refractivity contribution in [3.05, 3.63) is 17.5 Å². The highest BCUT2D eigenvalue weighted by molar-refractivity contribution is 6.32. The Morgan fingerprint density at radius 1 is 1.56 bits per heavy atom. The van der Waals surface area contributed by atoms with Crippen molar-refractivity contribution in [2.75, 3.05) is 12.4 Å². The van der Waals surface area contributed by atoms with Gasteiger partial charge in [-0.25, -0.2) is 9.97 Å². The largest absolute Gasteiger partial charge is 0.357 e. The summed E-state index contributed by atoms with van der Waals surface area (Å²) in [6.07, 6.45) is 2.86. The second-order valence-electron chi connectivity index (χ2n) is 3.41. The van der Waals surface area contributed by atoms with E-state index in [9.17, 15) is 9.59 Å². The van der Waals surface area contributed by atoms with Crippen LogP contribution in [0.25, 0.3) is 0 Å². The van der Waals surface area contributed by atoms with Gasteiger partial charge in [0.05, 0.1) is 12.6 Å². The van der Waals surface area contributed by atoms with Gasteiger partial charge < -0.3 is 5.32 Å². The Morgan fingerprint density at radius 2 is 2.31 bits per heavy atom. The van der Waals surface area contributed by atoms with Crippen LogP contribution in [0.15, 0.2) is 12.5 Å². The molecule has 1 unspecified atom stereocenters. The molecule has 1 N–H and O–H groups in total. The van der Waals surface area contributed by atoms with Crippen LogP contribution in [-0.4, -0.2) is 39.8 Å². The fourth-order valence-electron chi connectivity index (χ4n) is 1.45. The second kappa shape index (κ2) is 4.05. The van der Waals surface area contributed by atoms with E-state index in [-0.39, 0.29) is 18.2 Å². The molecule has 0 bridgehead atoms. The summed E-state index contributed by atoms with van der Waals surface area (Å²) in [6.45, 7) is 0. The Hall–Kier alpha value is -1.69. The smallest absolute Gasteiger partial charge is 0.251 e. The van der Waals surface area contributed by atoms with E-state index in [4.69, 9.17) is 11.6 Å². The van der Waals surface area contributed by atoms with Crippen LogP contribution in [0.3, 0.4) is 0 Å². The first-order chi connectivity index (χ1) is 7.59. The lowest BCUT2D eigenvalue weighted by atomic mass is 10.2. The molecule has 0 aliphatic carbocycles. The predicted octanol–water partition coefficient (Wildman–Crippen LogP) is 0.299. The van der Waals surface area contributed by atoms with Crippen molar-refractivity contribution in [1.29, 1.82) is 0 Å². The van der Waals surface area contributed by atoms with Gasteiger partial charge in [-0.15, -0.1) is 0 Å². The fraction of sp³-hybridized carbons (Fsp3) is 0.333. The van der Waals surface area contributed by atoms with Crippen molar-refractivity contribution in [2.45, 2.75) is 12.5 Å². The summed E-state index contributed by atoms with van der Waals surface area (Å²) in [5, 5.41) is 3.14. The number of imide groups is 1. The zero-order valence-electron chi connectivity index (χ0n) is 8.48. The summed E-state index contributed by atoms with van der Waals surface area (Å²) in [6, 6.07) is -0.593. The van der Waals surface area contributed by atoms with Crippen LogP contribution in [0.1, 0.15) is 6.42 Å². The number of anilines is 1. The average Bonchev–Trinajstić information content (AvgIpc) is 2.50. The number of carbonyl (C=O) groups is 2. The standard InChI is InChI=1S/C9H9ClN4O2/c1-14-7(15)2-6(9(14)16)13-8-5(10)3-11-4-12-8/h3-4,6H,2H2,1H3,(H,11,12,13). The molecule has 0 aromatic carbocycles. The first kappa shape index (κ1) is 10.8. The van der Waals surface area contributed by atoms with Crippen molar-refractivity contribution < 1.29 is 9.59 Å². The van der Waals surface area contributed by atoms with E-state index in [1.54, 1.807) is 0 Å². The Morgan fingerprint density at radius 3 is 2.88 bits per heavy atom. The van der Waals surface area contributed by atoms with Crippen LogP contribution in [-0.2, 0) is 9.59 Å². The van der Waals surface area contributed by atoms with Gasteiger partial charge in [0.25, 0.3) is 5.91 Å². The molecule has 2 heterocycles. The van der Waals surface area contributed by atoms with E-state index in [2.05, 4.69) is 15.3 Å². The van der Waals surface area contributed by atoms with Crippen LogP contribution in [0.4, 0.5) is 5.82 Å². The van der Waals surface area contributed by atoms with Crippen molar-refractivity contribution in [2.24, 2.45) is 0 Å². The van der Waals surface area contributed by atoms with Crippen molar-refractivity contribution in [1.82, 2.24) is 14.9 Å². The molecule has 0 radical (unpaired) electrons. The van der Waals surface area contributed by atoms with Crippen LogP contribution in [0.2, 0.25) is 5.02 Å². The number of likely N-dealkylation sites (tertiary alicyclic amines) is 1. The quantitative estimate of drug-likeness (QED) is 0.753. The molecule has 2 amide bonds. The molecule has 1 aliphatic heterocycles. The number of amides is 2. The molecule has 7 heteroatoms. The normalized spacial score (nSPS) is 20.4. The molecular weight excluding hydrogens is 232 g/mol. The Balaban J connectivity index is 2.15. The van der Waals surface area contributed by atoms with E-state index in [1.807, 2.05) is 0 Å². The molecule has 16 heavy (non-hydrogen) atoms. The SMILES string of the molecule is CN1C(=O)CC(Nc2ncncc2Cl)C1=O. The maximum atomic E-state index is 11.6. The molecular formula is C9H9ClN4O2. The average molecular weight is 241 g/mol. The fourth-order valence-corrected chi connectivity index (χ4v) is 1.61. The number of nitrogens with zero attached hydrogens (tertiary/aromatic N) is 3. The van der Waals surface area contributed by atoms with E-state index in [0.717, 1.165) is 4.90 Å². The van der Waals surface area contributed by atoms with Gasteiger partial charge in [-0.1, -0.05) is 11.6 Å². The van der Waals surface area contributed by atoms with Gasteiger partial charge in [0.2, 0.25) is 5.91 Å². The number of nitrogens with one attached hydrogen (secondary N) is 1. The summed E-state index contributed by atoms with van der Waals surface area (Å²) in [4.78, 5) is 31.6. The van der Waals surface area contributed by atoms with E-state index in [0.29, 0.717) is 10.8 Å². The number of hydrogen-bond donors (Lipinski definition) is 1. The van der Waals surface area contributed by atoms with Crippen LogP contribution >= 0.6 is 11.6 Å². The minimum atomic E-state index is -0.593. The van der Waals surface area contributed by atoms with E-state index < -0.39 is 6.04 Å². The zero-order chi connectivity index (χ0) is 11.7. The highest BCUT2D eigenvalue weighted by Crippen LogP contribution is 2.21. The summed E-state index contributed by atoms with van der Waals surface area (Å²) in [7, 11) is 1.45. The topological polar surface area (TPSA) is 75.2 Å². The third-order valence-electron chi connectivity index (χ3n) is 2.36. The van der Waals surface area contributed by atoms with Gasteiger partial charge in [-0.2, -0.15) is 0 Å². The van der Waals surface area contributed by atoms with Gasteiger partial charge in [-0.3, -0.25) is 14.5 Å². The summed E-state index contributed by atoms with van der Waals surface area (Å²) >= 11 is 5.83. The molecule has 1 atom stereocenters. The molecule has 1 aromatic heterocycles. The Labute approximate surface area is 96.6 Å². The van der Waals surface area contributed by atoms with Gasteiger partial charge in [0.15, 0.2) is 0 Å². The Bertz CT molecular complexity index is 451. The lowest BCUT2D eigenvalue weighted by Crippen LogP contribution is -2.32. The van der Waals surface area contributed by atoms with Gasteiger partial charge in [-0.05, 0) is 0 Å². The number of rotatable bonds is 2. The predicted molar refractivity (Wildman–Crippen MR) is 56.8 cm³/mol. The molecule has 1 aromatic rings. The molecule has 84 valence electrons. The van der Waals surface area contributed by atoms with Crippen LogP contribution in [0.5, 0.6) is 0 Å². The van der Waals surface area contributed by atoms with Crippen molar-refractivity contribution in [3.8, 4) is 0 Å². The first-order valence-electron chi connectivity index (χ1n) is 4.62. The summed E-state index contributed by atoms with van der Waals surface area (Å²) in [5.74, 6) is -0.134. The van der Waals surface area contributed by atoms with Crippen molar-refractivity contribution in [3.63, 3.8) is 0 Å². The highest BCUT2D eigenvalue weighted by Gasteiger charge is 2.36. The number of halogens is 1. The molecule has 1 fully saturated rings. The van der Waals surface area contributed by atoms with Gasteiger partial charge in [0, 0.05) is 7.05 Å². The molecule has 2 rings (SSSR count). The maximum absolute atomic E-state index is 11.6. The lowest BCUT2D eigenvalue weighted by Gasteiger charge is -2.11. The number of carbonyl (C=O) groups excluding carboxylic acids is 2. The first-order valence-corrected chi connectivity index (χ1v) is 5.00. The summed E-state index contributed by atoms with van der Waals surface area (Å²) in [5.41, 5.74) is 0. The third kappa shape index (κ3) is 1.83. The highest BCUT2D eigenvalue weighted by atomic mass is 35.5. The van der Waals surface area contributed by atoms with Crippen LogP contribution in [0, 0.1) is 0 Å². The maximum Gasteiger partial charge on any atom is 0.251 e. The van der Waals surface area contributed by atoms with Crippen molar-refractivity contribution >= 4 is 29.2 Å². The second-order valence-corrected chi connectivity index (χ2v) is 3.82. The molecule has 0 saturated carbocycles. The molecule has 6 nitrogen and oxygen atoms in total. The minimum absolute atomic E-state index is 0.121. The van der Waals surface area contributed by atoms with Gasteiger partial charge >= 0.3 is 0 Å². The zero-order valence-corrected chi connectivity index (χ0v) is 9.23. The van der Waals surface area contributed by atoms with E-state index in [1.165, 1.54) is 19.6 Å². The minimum Gasteiger partial charge on any atom is -0.357 e. The molecule has 1 saturated heterocycles. The lowest BCUT2D eigenvalue weighted by molar-refractivity contribution is -0.136. The monoisotopic (exact) mass is 240 g/mol. The molecule has 1 aliphatic rings. The summed E-state index contributed by atoms with van der Waals surface area (Å²) < 4.78 is 0. The number of hydrogen-bond acceptors (Lipinski definition) is 5. The Kier molecular flexibility index (Phi) is 2.74. The van der Waals surface area contributed by atoms with Crippen LogP contribution < -0.4 is 5.32 Å². The van der Waals surface area contributed by atoms with Gasteiger partial charge in [0.1, 0.15) is 23.2 Å². The molecule has 0 spiro atoms. The third-order valence-corrected chi connectivity index (χ3v) is 2.64. The number of likely N-dealkylation sites (N-methyl/N-ethyl adjacent to an activating group) is 1. The number of aromatic nitrogens is 2. The van der Waals surface area contributed by atoms with E-state index >= 15 is 0 Å².